The Bertz CT molecular complexity index is 788. The second-order valence-electron chi connectivity index (χ2n) is 6.67. The van der Waals surface area contributed by atoms with Crippen molar-refractivity contribution in [3.05, 3.63) is 17.8 Å². The zero-order valence-corrected chi connectivity index (χ0v) is 14.1. The number of nitrogens with one attached hydrogen (secondary N) is 1. The Morgan fingerprint density at radius 1 is 1.29 bits per heavy atom. The fraction of sp³-hybridized carbons (Fsp3) is 0.600. The highest BCUT2D eigenvalue weighted by Gasteiger charge is 2.43. The highest BCUT2D eigenvalue weighted by Crippen LogP contribution is 2.43. The van der Waals surface area contributed by atoms with Crippen LogP contribution in [-0.2, 0) is 19.5 Å². The number of aliphatic hydroxyl groups is 1. The molecule has 1 fully saturated rings. The lowest BCUT2D eigenvalue weighted by atomic mass is 10.2. The number of aromatic nitrogens is 5. The predicted octanol–water partition coefficient (Wildman–Crippen LogP) is 0.673. The van der Waals surface area contributed by atoms with E-state index in [1.54, 1.807) is 18.1 Å². The average Bonchev–Trinajstić information content (AvgIpc) is 3.00. The third kappa shape index (κ3) is 2.34. The quantitative estimate of drug-likeness (QED) is 0.836. The van der Waals surface area contributed by atoms with Gasteiger partial charge in [0.25, 0.3) is 0 Å². The fourth-order valence-electron chi connectivity index (χ4n) is 3.24. The van der Waals surface area contributed by atoms with E-state index in [9.17, 15) is 5.11 Å². The van der Waals surface area contributed by atoms with Gasteiger partial charge >= 0.3 is 0 Å². The summed E-state index contributed by atoms with van der Waals surface area (Å²) in [5.41, 5.74) is 0.943. The van der Waals surface area contributed by atoms with Gasteiger partial charge in [0.2, 0.25) is 5.95 Å². The van der Waals surface area contributed by atoms with Crippen LogP contribution < -0.4 is 10.2 Å². The first-order valence-electron chi connectivity index (χ1n) is 8.31. The molecule has 2 aliphatic heterocycles. The SMILES string of the molecule is OCC1(Nc2nc(N3CCn4cnnc4C3)nc3c2SCC3)CC1. The number of fused-ring (bicyclic) bond motifs is 2. The molecule has 0 bridgehead atoms. The molecule has 0 aromatic carbocycles. The smallest absolute Gasteiger partial charge is 0.228 e. The van der Waals surface area contributed by atoms with Gasteiger partial charge in [0.15, 0.2) is 5.82 Å². The summed E-state index contributed by atoms with van der Waals surface area (Å²) in [5.74, 6) is 3.63. The number of thioether (sulfide) groups is 1. The lowest BCUT2D eigenvalue weighted by Crippen LogP contribution is -2.35. The van der Waals surface area contributed by atoms with Crippen LogP contribution in [0.15, 0.2) is 11.2 Å². The van der Waals surface area contributed by atoms with Gasteiger partial charge in [-0.15, -0.1) is 22.0 Å². The molecule has 0 amide bonds. The van der Waals surface area contributed by atoms with Gasteiger partial charge < -0.3 is 19.9 Å². The molecule has 2 aromatic heterocycles. The summed E-state index contributed by atoms with van der Waals surface area (Å²) in [4.78, 5) is 12.9. The molecule has 3 aliphatic rings. The third-order valence-corrected chi connectivity index (χ3v) is 6.10. The molecule has 1 aliphatic carbocycles. The average molecular weight is 345 g/mol. The van der Waals surface area contributed by atoms with E-state index in [1.807, 2.05) is 0 Å². The van der Waals surface area contributed by atoms with Gasteiger partial charge in [-0.05, 0) is 12.8 Å². The van der Waals surface area contributed by atoms with Crippen LogP contribution in [0.5, 0.6) is 0 Å². The maximum Gasteiger partial charge on any atom is 0.228 e. The van der Waals surface area contributed by atoms with E-state index in [-0.39, 0.29) is 12.1 Å². The summed E-state index contributed by atoms with van der Waals surface area (Å²) < 4.78 is 2.07. The maximum atomic E-state index is 9.63. The number of hydrogen-bond donors (Lipinski definition) is 2. The Morgan fingerprint density at radius 3 is 3.04 bits per heavy atom. The summed E-state index contributed by atoms with van der Waals surface area (Å²) in [6.07, 6.45) is 4.74. The second-order valence-corrected chi connectivity index (χ2v) is 7.78. The highest BCUT2D eigenvalue weighted by molar-refractivity contribution is 7.99. The molecule has 8 nitrogen and oxygen atoms in total. The Hall–Kier alpha value is -1.87. The Morgan fingerprint density at radius 2 is 2.21 bits per heavy atom. The van der Waals surface area contributed by atoms with Gasteiger partial charge in [-0.25, -0.2) is 4.98 Å². The Balaban J connectivity index is 1.48. The van der Waals surface area contributed by atoms with E-state index in [0.29, 0.717) is 6.54 Å². The molecule has 0 radical (unpaired) electrons. The van der Waals surface area contributed by atoms with Crippen molar-refractivity contribution in [1.29, 1.82) is 0 Å². The van der Waals surface area contributed by atoms with E-state index < -0.39 is 0 Å². The standard InChI is InChI=1S/C15H19N7OS/c23-8-15(2-3-15)19-13-12-10(1-6-24-12)17-14(18-13)21-4-5-22-9-16-20-11(22)7-21/h9,23H,1-8H2,(H,17,18,19). The van der Waals surface area contributed by atoms with Crippen molar-refractivity contribution in [2.45, 2.75) is 42.8 Å². The number of rotatable bonds is 4. The van der Waals surface area contributed by atoms with Crippen LogP contribution in [0.1, 0.15) is 24.4 Å². The summed E-state index contributed by atoms with van der Waals surface area (Å²) >= 11 is 1.80. The lowest BCUT2D eigenvalue weighted by molar-refractivity contribution is 0.265. The van der Waals surface area contributed by atoms with Crippen LogP contribution >= 0.6 is 11.8 Å². The number of hydrogen-bond acceptors (Lipinski definition) is 8. The van der Waals surface area contributed by atoms with E-state index in [2.05, 4.69) is 25.0 Å². The minimum atomic E-state index is -0.176. The molecule has 0 spiro atoms. The maximum absolute atomic E-state index is 9.63. The molecule has 5 rings (SSSR count). The largest absolute Gasteiger partial charge is 0.394 e. The molecular weight excluding hydrogens is 326 g/mol. The lowest BCUT2D eigenvalue weighted by Gasteiger charge is -2.28. The molecule has 2 N–H and O–H groups in total. The molecule has 4 heterocycles. The molecule has 0 atom stereocenters. The minimum absolute atomic E-state index is 0.151. The monoisotopic (exact) mass is 345 g/mol. The van der Waals surface area contributed by atoms with Crippen molar-refractivity contribution >= 4 is 23.5 Å². The van der Waals surface area contributed by atoms with Crippen LogP contribution in [0.3, 0.4) is 0 Å². The van der Waals surface area contributed by atoms with Crippen molar-refractivity contribution in [3.63, 3.8) is 0 Å². The van der Waals surface area contributed by atoms with Crippen LogP contribution in [0, 0.1) is 0 Å². The number of aliphatic hydroxyl groups excluding tert-OH is 1. The summed E-state index contributed by atoms with van der Waals surface area (Å²) in [6.45, 7) is 2.53. The van der Waals surface area contributed by atoms with Crippen molar-refractivity contribution in [2.75, 3.05) is 29.1 Å². The molecule has 0 saturated heterocycles. The van der Waals surface area contributed by atoms with E-state index >= 15 is 0 Å². The van der Waals surface area contributed by atoms with Crippen molar-refractivity contribution in [3.8, 4) is 0 Å². The number of aryl methyl sites for hydroxylation is 1. The number of nitrogens with zero attached hydrogens (tertiary/aromatic N) is 6. The van der Waals surface area contributed by atoms with Gasteiger partial charge in [0, 0.05) is 25.3 Å². The molecule has 1 saturated carbocycles. The Labute approximate surface area is 143 Å². The Kier molecular flexibility index (Phi) is 3.21. The first-order valence-corrected chi connectivity index (χ1v) is 9.29. The molecule has 126 valence electrons. The van der Waals surface area contributed by atoms with Crippen LogP contribution in [0.4, 0.5) is 11.8 Å². The van der Waals surface area contributed by atoms with Gasteiger partial charge in [-0.3, -0.25) is 0 Å². The fourth-order valence-corrected chi connectivity index (χ4v) is 4.29. The van der Waals surface area contributed by atoms with E-state index in [1.165, 1.54) is 0 Å². The summed E-state index contributed by atoms with van der Waals surface area (Å²) in [5, 5.41) is 21.3. The van der Waals surface area contributed by atoms with Gasteiger partial charge in [-0.1, -0.05) is 0 Å². The zero-order valence-electron chi connectivity index (χ0n) is 13.3. The zero-order chi connectivity index (χ0) is 16.1. The molecule has 0 unspecified atom stereocenters. The van der Waals surface area contributed by atoms with Gasteiger partial charge in [0.1, 0.15) is 12.1 Å². The highest BCUT2D eigenvalue weighted by atomic mass is 32.2. The predicted molar refractivity (Wildman–Crippen MR) is 90.2 cm³/mol. The minimum Gasteiger partial charge on any atom is -0.394 e. The topological polar surface area (TPSA) is 92.0 Å². The van der Waals surface area contributed by atoms with Gasteiger partial charge in [-0.2, -0.15) is 4.98 Å². The second kappa shape index (κ2) is 5.32. The van der Waals surface area contributed by atoms with Crippen molar-refractivity contribution < 1.29 is 5.11 Å². The molecule has 2 aromatic rings. The summed E-state index contributed by atoms with van der Waals surface area (Å²) in [7, 11) is 0. The van der Waals surface area contributed by atoms with Crippen molar-refractivity contribution in [1.82, 2.24) is 24.7 Å². The first kappa shape index (κ1) is 14.5. The molecule has 9 heteroatoms. The summed E-state index contributed by atoms with van der Waals surface area (Å²) in [6, 6.07) is 0. The van der Waals surface area contributed by atoms with Crippen LogP contribution in [0.25, 0.3) is 0 Å². The van der Waals surface area contributed by atoms with E-state index in [0.717, 1.165) is 66.3 Å². The third-order valence-electron chi connectivity index (χ3n) is 4.97. The van der Waals surface area contributed by atoms with Gasteiger partial charge in [0.05, 0.1) is 29.3 Å². The van der Waals surface area contributed by atoms with Crippen LogP contribution in [-0.4, -0.2) is 54.3 Å². The number of anilines is 2. The van der Waals surface area contributed by atoms with Crippen LogP contribution in [0.2, 0.25) is 0 Å². The first-order chi connectivity index (χ1) is 11.8. The van der Waals surface area contributed by atoms with E-state index in [4.69, 9.17) is 9.97 Å². The molecule has 24 heavy (non-hydrogen) atoms. The van der Waals surface area contributed by atoms with Crippen molar-refractivity contribution in [2.24, 2.45) is 0 Å². The molecular formula is C15H19N7OS. The normalized spacial score (nSPS) is 20.6.